The minimum absolute atomic E-state index is 0.0165. The number of aromatic nitrogens is 1. The maximum Gasteiger partial charge on any atom is 0.514 e. The molecule has 0 atom stereocenters. The number of unbranched alkanes of at least 4 members (excludes halogenated alkanes) is 4. The van der Waals surface area contributed by atoms with Crippen LogP contribution < -0.4 is 14.8 Å². The van der Waals surface area contributed by atoms with Gasteiger partial charge in [-0.2, -0.15) is 0 Å². The minimum atomic E-state index is -4.11. The Kier molecular flexibility index (Phi) is 11.1. The van der Waals surface area contributed by atoms with Gasteiger partial charge in [0, 0.05) is 25.2 Å². The molecule has 0 radical (unpaired) electrons. The van der Waals surface area contributed by atoms with E-state index in [1.165, 1.54) is 37.1 Å². The number of nitrogens with one attached hydrogen (secondary N) is 2. The first-order valence-corrected chi connectivity index (χ1v) is 12.9. The number of hydrogen-bond donors (Lipinski definition) is 2. The van der Waals surface area contributed by atoms with Crippen molar-refractivity contribution in [2.75, 3.05) is 13.7 Å². The molecule has 0 aliphatic heterocycles. The summed E-state index contributed by atoms with van der Waals surface area (Å²) in [5, 5.41) is 2.87. The van der Waals surface area contributed by atoms with Gasteiger partial charge in [0.05, 0.1) is 17.6 Å². The Morgan fingerprint density at radius 2 is 1.69 bits per heavy atom. The Hall–Kier alpha value is -3.47. The molecule has 0 aliphatic carbocycles. The molecule has 0 spiro atoms. The first-order valence-electron chi connectivity index (χ1n) is 11.4. The van der Waals surface area contributed by atoms with Crippen LogP contribution in [-0.4, -0.2) is 45.0 Å². The third-order valence-electron chi connectivity index (χ3n) is 5.06. The second-order valence-corrected chi connectivity index (χ2v) is 9.47. The molecule has 0 bridgehead atoms. The van der Waals surface area contributed by atoms with Crippen molar-refractivity contribution in [3.05, 3.63) is 53.7 Å². The number of pyridine rings is 1. The van der Waals surface area contributed by atoms with Crippen molar-refractivity contribution in [1.29, 1.82) is 0 Å². The van der Waals surface area contributed by atoms with Crippen LogP contribution in [0.15, 0.2) is 47.5 Å². The molecule has 2 amide bonds. The summed E-state index contributed by atoms with van der Waals surface area (Å²) in [6, 6.07) is 8.56. The molecular formula is C24H31N3O7S. The number of rotatable bonds is 13. The van der Waals surface area contributed by atoms with Crippen molar-refractivity contribution in [3.63, 3.8) is 0 Å². The molecule has 0 fully saturated rings. The Labute approximate surface area is 205 Å². The van der Waals surface area contributed by atoms with E-state index in [9.17, 15) is 22.8 Å². The van der Waals surface area contributed by atoms with Gasteiger partial charge in [-0.1, -0.05) is 44.7 Å². The number of amides is 2. The molecular weight excluding hydrogens is 474 g/mol. The highest BCUT2D eigenvalue weighted by Gasteiger charge is 2.19. The predicted octanol–water partition coefficient (Wildman–Crippen LogP) is 3.36. The van der Waals surface area contributed by atoms with E-state index in [0.717, 1.165) is 38.1 Å². The van der Waals surface area contributed by atoms with Crippen molar-refractivity contribution in [1.82, 2.24) is 15.0 Å². The Morgan fingerprint density at radius 1 is 0.971 bits per heavy atom. The van der Waals surface area contributed by atoms with Crippen molar-refractivity contribution in [2.45, 2.75) is 56.8 Å². The van der Waals surface area contributed by atoms with E-state index in [-0.39, 0.29) is 22.2 Å². The van der Waals surface area contributed by atoms with Crippen molar-refractivity contribution < 1.29 is 32.3 Å². The summed E-state index contributed by atoms with van der Waals surface area (Å²) in [4.78, 5) is 39.0. The van der Waals surface area contributed by atoms with Gasteiger partial charge in [-0.25, -0.2) is 22.9 Å². The van der Waals surface area contributed by atoms with E-state index in [1.54, 1.807) is 12.1 Å². The maximum atomic E-state index is 12.6. The van der Waals surface area contributed by atoms with Gasteiger partial charge in [0.25, 0.3) is 15.9 Å². The normalized spacial score (nSPS) is 10.9. The monoisotopic (exact) mass is 505 g/mol. The third kappa shape index (κ3) is 9.73. The lowest BCUT2D eigenvalue weighted by Gasteiger charge is -2.09. The molecule has 190 valence electrons. The summed E-state index contributed by atoms with van der Waals surface area (Å²) in [5.41, 5.74) is 0.812. The quantitative estimate of drug-likeness (QED) is 0.312. The van der Waals surface area contributed by atoms with Gasteiger partial charge in [0.1, 0.15) is 0 Å². The average molecular weight is 506 g/mol. The van der Waals surface area contributed by atoms with Crippen LogP contribution >= 0.6 is 0 Å². The minimum Gasteiger partial charge on any atom is -0.437 e. The Bertz CT molecular complexity index is 1090. The van der Waals surface area contributed by atoms with Gasteiger partial charge in [0.15, 0.2) is 0 Å². The molecule has 10 nitrogen and oxygen atoms in total. The lowest BCUT2D eigenvalue weighted by Crippen LogP contribution is -2.30. The van der Waals surface area contributed by atoms with E-state index in [1.807, 2.05) is 4.72 Å². The van der Waals surface area contributed by atoms with Crippen molar-refractivity contribution in [3.8, 4) is 5.88 Å². The first-order chi connectivity index (χ1) is 16.7. The topological polar surface area (TPSA) is 141 Å². The number of benzene rings is 1. The molecule has 2 rings (SSSR count). The summed E-state index contributed by atoms with van der Waals surface area (Å²) in [6.07, 6.45) is 6.61. The van der Waals surface area contributed by atoms with Gasteiger partial charge in [0.2, 0.25) is 11.8 Å². The van der Waals surface area contributed by atoms with Gasteiger partial charge >= 0.3 is 6.16 Å². The molecule has 0 saturated heterocycles. The standard InChI is InChI=1S/C24H31N3O7S/c1-3-4-5-6-7-8-21(28)25-16-15-18-9-12-20(13-10-18)35(31,32)27-23(29)19-11-14-22(26-17-19)34-24(30)33-2/h9-14,17H,3-8,15-16H2,1-2H3,(H,25,28)(H,27,29). The number of nitrogens with zero attached hydrogens (tertiary/aromatic N) is 1. The fraction of sp³-hybridized carbons (Fsp3) is 0.417. The molecule has 0 unspecified atom stereocenters. The first kappa shape index (κ1) is 27.8. The Balaban J connectivity index is 1.83. The largest absolute Gasteiger partial charge is 0.514 e. The number of hydrogen-bond acceptors (Lipinski definition) is 8. The number of carbonyl (C=O) groups is 3. The SMILES string of the molecule is CCCCCCCC(=O)NCCc1ccc(S(=O)(=O)NC(=O)c2ccc(OC(=O)OC)nc2)cc1. The van der Waals surface area contributed by atoms with Crippen LogP contribution in [0.3, 0.4) is 0 Å². The maximum absolute atomic E-state index is 12.6. The van der Waals surface area contributed by atoms with E-state index >= 15 is 0 Å². The third-order valence-corrected chi connectivity index (χ3v) is 6.40. The molecule has 35 heavy (non-hydrogen) atoms. The smallest absolute Gasteiger partial charge is 0.437 e. The van der Waals surface area contributed by atoms with E-state index in [4.69, 9.17) is 4.74 Å². The fourth-order valence-electron chi connectivity index (χ4n) is 3.10. The molecule has 2 aromatic rings. The van der Waals surface area contributed by atoms with Crippen LogP contribution in [-0.2, 0) is 26.0 Å². The van der Waals surface area contributed by atoms with Crippen LogP contribution in [0.2, 0.25) is 0 Å². The van der Waals surface area contributed by atoms with Gasteiger partial charge < -0.3 is 14.8 Å². The van der Waals surface area contributed by atoms with Crippen LogP contribution in [0.4, 0.5) is 4.79 Å². The number of methoxy groups -OCH3 is 1. The van der Waals surface area contributed by atoms with E-state index in [2.05, 4.69) is 22.0 Å². The predicted molar refractivity (Wildman–Crippen MR) is 128 cm³/mol. The summed E-state index contributed by atoms with van der Waals surface area (Å²) < 4.78 is 36.1. The highest BCUT2D eigenvalue weighted by Crippen LogP contribution is 2.13. The average Bonchev–Trinajstić information content (AvgIpc) is 2.84. The van der Waals surface area contributed by atoms with Gasteiger partial charge in [-0.3, -0.25) is 9.59 Å². The fourth-order valence-corrected chi connectivity index (χ4v) is 4.08. The lowest BCUT2D eigenvalue weighted by molar-refractivity contribution is -0.121. The highest BCUT2D eigenvalue weighted by molar-refractivity contribution is 7.90. The number of sulfonamides is 1. The zero-order chi connectivity index (χ0) is 25.7. The lowest BCUT2D eigenvalue weighted by atomic mass is 10.1. The highest BCUT2D eigenvalue weighted by atomic mass is 32.2. The van der Waals surface area contributed by atoms with E-state index < -0.39 is 22.1 Å². The molecule has 0 saturated carbocycles. The van der Waals surface area contributed by atoms with Crippen molar-refractivity contribution in [2.24, 2.45) is 0 Å². The van der Waals surface area contributed by atoms with Gasteiger partial charge in [-0.05, 0) is 36.6 Å². The van der Waals surface area contributed by atoms with Crippen molar-refractivity contribution >= 4 is 28.0 Å². The molecule has 1 aromatic heterocycles. The number of ether oxygens (including phenoxy) is 2. The van der Waals surface area contributed by atoms with Crippen LogP contribution in [0, 0.1) is 0 Å². The summed E-state index contributed by atoms with van der Waals surface area (Å²) in [7, 11) is -2.98. The summed E-state index contributed by atoms with van der Waals surface area (Å²) in [6.45, 7) is 2.61. The zero-order valence-electron chi connectivity index (χ0n) is 19.9. The molecule has 0 aliphatic rings. The van der Waals surface area contributed by atoms with Crippen LogP contribution in [0.1, 0.15) is 61.4 Å². The van der Waals surface area contributed by atoms with Gasteiger partial charge in [-0.15, -0.1) is 0 Å². The zero-order valence-corrected chi connectivity index (χ0v) is 20.7. The van der Waals surface area contributed by atoms with Crippen LogP contribution in [0.5, 0.6) is 5.88 Å². The second kappa shape index (κ2) is 14.1. The summed E-state index contributed by atoms with van der Waals surface area (Å²) >= 11 is 0. The molecule has 2 N–H and O–H groups in total. The van der Waals surface area contributed by atoms with E-state index in [0.29, 0.717) is 19.4 Å². The van der Waals surface area contributed by atoms with Crippen LogP contribution in [0.25, 0.3) is 0 Å². The second-order valence-electron chi connectivity index (χ2n) is 7.78. The molecule has 1 heterocycles. The molecule has 1 aromatic carbocycles. The molecule has 11 heteroatoms. The number of carbonyl (C=O) groups excluding carboxylic acids is 3. The summed E-state index contributed by atoms with van der Waals surface area (Å²) in [5.74, 6) is -0.971. The Morgan fingerprint density at radius 3 is 2.31 bits per heavy atom.